The maximum atomic E-state index is 12.5. The smallest absolute Gasteiger partial charge is 0.329 e. The minimum Gasteiger partial charge on any atom is -0.480 e. The van der Waals surface area contributed by atoms with Gasteiger partial charge in [0.2, 0.25) is 0 Å². The van der Waals surface area contributed by atoms with Crippen molar-refractivity contribution in [1.82, 2.24) is 15.1 Å². The molecule has 0 aliphatic rings. The number of benzene rings is 1. The first-order chi connectivity index (χ1) is 11.3. The average Bonchev–Trinajstić information content (AvgIpc) is 2.89. The third-order valence-electron chi connectivity index (χ3n) is 3.92. The monoisotopic (exact) mass is 349 g/mol. The van der Waals surface area contributed by atoms with Crippen molar-refractivity contribution in [2.75, 3.05) is 0 Å². The number of nitrogens with zero attached hydrogens (tertiary/aromatic N) is 2. The molecular formula is C17H20ClN3O3. The van der Waals surface area contributed by atoms with E-state index in [0.717, 1.165) is 5.69 Å². The van der Waals surface area contributed by atoms with Gasteiger partial charge in [0.25, 0.3) is 5.91 Å². The number of nitrogens with one attached hydrogen (secondary N) is 1. The quantitative estimate of drug-likeness (QED) is 0.838. The molecule has 0 fully saturated rings. The highest BCUT2D eigenvalue weighted by Crippen LogP contribution is 2.19. The third-order valence-corrected chi connectivity index (χ3v) is 4.15. The van der Waals surface area contributed by atoms with Gasteiger partial charge in [0.05, 0.1) is 23.1 Å². The van der Waals surface area contributed by atoms with Gasteiger partial charge in [-0.25, -0.2) is 9.48 Å². The van der Waals surface area contributed by atoms with Gasteiger partial charge in [-0.15, -0.1) is 0 Å². The molecule has 128 valence electrons. The zero-order valence-corrected chi connectivity index (χ0v) is 14.6. The van der Waals surface area contributed by atoms with Crippen molar-refractivity contribution in [3.63, 3.8) is 0 Å². The van der Waals surface area contributed by atoms with E-state index < -0.39 is 17.4 Å². The molecule has 1 unspecified atom stereocenters. The molecule has 1 heterocycles. The summed E-state index contributed by atoms with van der Waals surface area (Å²) in [6, 6.07) is 7.11. The van der Waals surface area contributed by atoms with Gasteiger partial charge in [0.1, 0.15) is 5.54 Å². The highest BCUT2D eigenvalue weighted by atomic mass is 35.5. The van der Waals surface area contributed by atoms with E-state index in [2.05, 4.69) is 10.4 Å². The van der Waals surface area contributed by atoms with E-state index in [1.165, 1.54) is 13.1 Å². The molecule has 2 aromatic rings. The van der Waals surface area contributed by atoms with Gasteiger partial charge in [-0.3, -0.25) is 4.79 Å². The highest BCUT2D eigenvalue weighted by molar-refractivity contribution is 6.30. The van der Waals surface area contributed by atoms with Crippen LogP contribution in [0.5, 0.6) is 0 Å². The summed E-state index contributed by atoms with van der Waals surface area (Å²) >= 11 is 5.99. The molecule has 1 aromatic carbocycles. The number of aromatic nitrogens is 2. The lowest BCUT2D eigenvalue weighted by Gasteiger charge is -2.25. The number of halogens is 1. The summed E-state index contributed by atoms with van der Waals surface area (Å²) < 4.78 is 1.60. The maximum absolute atomic E-state index is 12.5. The molecule has 0 saturated heterocycles. The number of hydrogen-bond donors (Lipinski definition) is 2. The molecule has 0 aliphatic carbocycles. The van der Waals surface area contributed by atoms with Gasteiger partial charge in [0, 0.05) is 5.02 Å². The average molecular weight is 350 g/mol. The number of hydrogen-bond acceptors (Lipinski definition) is 3. The van der Waals surface area contributed by atoms with Crippen LogP contribution in [0.25, 0.3) is 5.69 Å². The predicted octanol–water partition coefficient (Wildman–Crippen LogP) is 3.21. The molecule has 0 bridgehead atoms. The molecule has 7 heteroatoms. The van der Waals surface area contributed by atoms with Crippen LogP contribution in [-0.2, 0) is 4.79 Å². The Morgan fingerprint density at radius 2 is 2.12 bits per heavy atom. The van der Waals surface area contributed by atoms with Crippen molar-refractivity contribution >= 4 is 23.5 Å². The molecule has 24 heavy (non-hydrogen) atoms. The van der Waals surface area contributed by atoms with Gasteiger partial charge in [-0.2, -0.15) is 5.10 Å². The van der Waals surface area contributed by atoms with Gasteiger partial charge in [-0.1, -0.05) is 31.0 Å². The van der Waals surface area contributed by atoms with Crippen LogP contribution in [0.2, 0.25) is 5.02 Å². The Bertz CT molecular complexity index is 772. The molecule has 0 aliphatic heterocycles. The summed E-state index contributed by atoms with van der Waals surface area (Å²) in [6.45, 7) is 5.13. The minimum atomic E-state index is -1.31. The van der Waals surface area contributed by atoms with Gasteiger partial charge < -0.3 is 10.4 Å². The first-order valence-electron chi connectivity index (χ1n) is 7.65. The van der Waals surface area contributed by atoms with Gasteiger partial charge in [0.15, 0.2) is 0 Å². The largest absolute Gasteiger partial charge is 0.480 e. The van der Waals surface area contributed by atoms with Crippen LogP contribution in [0.15, 0.2) is 30.5 Å². The lowest BCUT2D eigenvalue weighted by atomic mass is 9.96. The zero-order chi connectivity index (χ0) is 17.9. The summed E-state index contributed by atoms with van der Waals surface area (Å²) in [6.07, 6.45) is 2.42. The Balaban J connectivity index is 2.30. The second-order valence-electron chi connectivity index (χ2n) is 5.88. The SMILES string of the molecule is CCCC(C)(NC(=O)c1cnn(-c2cccc(Cl)c2)c1C)C(=O)O. The lowest BCUT2D eigenvalue weighted by Crippen LogP contribution is -2.52. The Morgan fingerprint density at radius 1 is 1.42 bits per heavy atom. The summed E-state index contributed by atoms with van der Waals surface area (Å²) in [5.41, 5.74) is 0.363. The van der Waals surface area contributed by atoms with Crippen LogP contribution in [-0.4, -0.2) is 32.3 Å². The molecule has 1 atom stereocenters. The van der Waals surface area contributed by atoms with E-state index in [-0.39, 0.29) is 0 Å². The van der Waals surface area contributed by atoms with Crippen molar-refractivity contribution in [2.45, 2.75) is 39.2 Å². The van der Waals surface area contributed by atoms with E-state index in [1.807, 2.05) is 13.0 Å². The normalized spacial score (nSPS) is 13.3. The zero-order valence-electron chi connectivity index (χ0n) is 13.8. The molecule has 1 amide bonds. The van der Waals surface area contributed by atoms with Crippen LogP contribution in [0.3, 0.4) is 0 Å². The Morgan fingerprint density at radius 3 is 2.71 bits per heavy atom. The Hall–Kier alpha value is -2.34. The van der Waals surface area contributed by atoms with Crippen LogP contribution < -0.4 is 5.32 Å². The van der Waals surface area contributed by atoms with E-state index >= 15 is 0 Å². The van der Waals surface area contributed by atoms with Gasteiger partial charge in [-0.05, 0) is 38.5 Å². The fourth-order valence-electron chi connectivity index (χ4n) is 2.54. The highest BCUT2D eigenvalue weighted by Gasteiger charge is 2.34. The van der Waals surface area contributed by atoms with E-state index in [9.17, 15) is 14.7 Å². The van der Waals surface area contributed by atoms with Gasteiger partial charge >= 0.3 is 5.97 Å². The van der Waals surface area contributed by atoms with Crippen molar-refractivity contribution < 1.29 is 14.7 Å². The lowest BCUT2D eigenvalue weighted by molar-refractivity contribution is -0.144. The van der Waals surface area contributed by atoms with Crippen LogP contribution in [0.1, 0.15) is 42.7 Å². The van der Waals surface area contributed by atoms with Crippen LogP contribution in [0.4, 0.5) is 0 Å². The predicted molar refractivity (Wildman–Crippen MR) is 91.7 cm³/mol. The van der Waals surface area contributed by atoms with Crippen molar-refractivity contribution in [3.8, 4) is 5.69 Å². The molecule has 0 saturated carbocycles. The van der Waals surface area contributed by atoms with E-state index in [4.69, 9.17) is 11.6 Å². The van der Waals surface area contributed by atoms with Crippen LogP contribution >= 0.6 is 11.6 Å². The van der Waals surface area contributed by atoms with Crippen molar-refractivity contribution in [1.29, 1.82) is 0 Å². The minimum absolute atomic E-state index is 0.332. The Kier molecular flexibility index (Phi) is 5.29. The van der Waals surface area contributed by atoms with Crippen molar-refractivity contribution in [3.05, 3.63) is 46.7 Å². The second kappa shape index (κ2) is 7.05. The van der Waals surface area contributed by atoms with E-state index in [1.54, 1.807) is 29.8 Å². The second-order valence-corrected chi connectivity index (χ2v) is 6.31. The number of rotatable bonds is 6. The molecule has 6 nitrogen and oxygen atoms in total. The summed E-state index contributed by atoms with van der Waals surface area (Å²) in [4.78, 5) is 24.0. The number of carbonyl (C=O) groups excluding carboxylic acids is 1. The first-order valence-corrected chi connectivity index (χ1v) is 8.02. The summed E-state index contributed by atoms with van der Waals surface area (Å²) in [7, 11) is 0. The molecule has 2 rings (SSSR count). The first kappa shape index (κ1) is 18.0. The number of amides is 1. The maximum Gasteiger partial charge on any atom is 0.329 e. The molecular weight excluding hydrogens is 330 g/mol. The van der Waals surface area contributed by atoms with Crippen LogP contribution in [0, 0.1) is 6.92 Å². The van der Waals surface area contributed by atoms with E-state index in [0.29, 0.717) is 29.1 Å². The third kappa shape index (κ3) is 3.59. The standard InChI is InChI=1S/C17H20ClN3O3/c1-4-8-17(3,16(23)24)20-15(22)14-10-19-21(11(14)2)13-7-5-6-12(18)9-13/h5-7,9-10H,4,8H2,1-3H3,(H,20,22)(H,23,24). The van der Waals surface area contributed by atoms with Crippen molar-refractivity contribution in [2.24, 2.45) is 0 Å². The molecule has 2 N–H and O–H groups in total. The molecule has 0 radical (unpaired) electrons. The topological polar surface area (TPSA) is 84.2 Å². The fraction of sp³-hybridized carbons (Fsp3) is 0.353. The molecule has 0 spiro atoms. The number of carboxylic acids is 1. The number of carboxylic acid groups (broad SMARTS) is 1. The molecule has 1 aromatic heterocycles. The Labute approximate surface area is 145 Å². The fourth-order valence-corrected chi connectivity index (χ4v) is 2.73. The number of aliphatic carboxylic acids is 1. The summed E-state index contributed by atoms with van der Waals surface area (Å²) in [5, 5.41) is 16.8. The summed E-state index contributed by atoms with van der Waals surface area (Å²) in [5.74, 6) is -1.52. The number of carbonyl (C=O) groups is 2.